The van der Waals surface area contributed by atoms with Gasteiger partial charge in [-0.15, -0.1) is 11.3 Å². The van der Waals surface area contributed by atoms with Crippen LogP contribution in [0.5, 0.6) is 0 Å². The van der Waals surface area contributed by atoms with Crippen LogP contribution in [0.25, 0.3) is 0 Å². The maximum Gasteiger partial charge on any atom is 0.289 e. The van der Waals surface area contributed by atoms with Crippen LogP contribution in [0.3, 0.4) is 0 Å². The van der Waals surface area contributed by atoms with Gasteiger partial charge in [0, 0.05) is 18.5 Å². The number of rotatable bonds is 6. The smallest absolute Gasteiger partial charge is 0.289 e. The summed E-state index contributed by atoms with van der Waals surface area (Å²) in [5.41, 5.74) is 5.16. The molecule has 1 aromatic carbocycles. The van der Waals surface area contributed by atoms with Crippen LogP contribution in [0, 0.1) is 5.82 Å². The van der Waals surface area contributed by atoms with Crippen molar-refractivity contribution in [1.29, 1.82) is 0 Å². The molecule has 3 rings (SSSR count). The Morgan fingerprint density at radius 3 is 2.72 bits per heavy atom. The number of carbonyl (C=O) groups is 3. The summed E-state index contributed by atoms with van der Waals surface area (Å²) >= 11 is 1.34. The number of hydrazine groups is 1. The highest BCUT2D eigenvalue weighted by atomic mass is 32.1. The van der Waals surface area contributed by atoms with E-state index in [0.29, 0.717) is 31.9 Å². The third-order valence-electron chi connectivity index (χ3n) is 4.02. The van der Waals surface area contributed by atoms with Gasteiger partial charge in [-0.1, -0.05) is 12.1 Å². The summed E-state index contributed by atoms with van der Waals surface area (Å²) in [6.07, 6.45) is -0.0550. The van der Waals surface area contributed by atoms with Crippen molar-refractivity contribution in [3.8, 4) is 0 Å². The van der Waals surface area contributed by atoms with Gasteiger partial charge in [-0.3, -0.25) is 25.2 Å². The normalized spacial score (nSPS) is 13.6. The van der Waals surface area contributed by atoms with Crippen molar-refractivity contribution in [2.75, 3.05) is 37.7 Å². The topological polar surface area (TPSA) is 113 Å². The van der Waals surface area contributed by atoms with Crippen molar-refractivity contribution in [2.24, 2.45) is 0 Å². The lowest BCUT2D eigenvalue weighted by Crippen LogP contribution is -2.46. The summed E-state index contributed by atoms with van der Waals surface area (Å²) in [6.45, 7) is 2.32. The molecule has 2 aromatic rings. The van der Waals surface area contributed by atoms with E-state index in [1.54, 1.807) is 11.4 Å². The molecule has 3 amide bonds. The second-order valence-corrected chi connectivity index (χ2v) is 7.04. The summed E-state index contributed by atoms with van der Waals surface area (Å²) < 4.78 is 18.4. The van der Waals surface area contributed by atoms with Crippen molar-refractivity contribution in [3.05, 3.63) is 46.7 Å². The molecule has 3 N–H and O–H groups in total. The molecule has 0 bridgehead atoms. The van der Waals surface area contributed by atoms with Gasteiger partial charge in [0.25, 0.3) is 11.8 Å². The first-order chi connectivity index (χ1) is 14.0. The highest BCUT2D eigenvalue weighted by Gasteiger charge is 2.18. The number of aromatic nitrogens is 1. The second-order valence-electron chi connectivity index (χ2n) is 6.20. The Labute approximate surface area is 170 Å². The Kier molecular flexibility index (Phi) is 7.09. The van der Waals surface area contributed by atoms with Gasteiger partial charge in [-0.25, -0.2) is 9.37 Å². The number of benzene rings is 1. The lowest BCUT2D eigenvalue weighted by atomic mass is 10.1. The molecule has 1 aliphatic heterocycles. The molecule has 0 saturated carbocycles. The fourth-order valence-corrected chi connectivity index (χ4v) is 3.44. The zero-order valence-electron chi connectivity index (χ0n) is 15.4. The third kappa shape index (κ3) is 6.22. The molecule has 2 heterocycles. The van der Waals surface area contributed by atoms with Gasteiger partial charge >= 0.3 is 0 Å². The highest BCUT2D eigenvalue weighted by Crippen LogP contribution is 2.21. The number of anilines is 1. The lowest BCUT2D eigenvalue weighted by molar-refractivity contribution is -0.126. The molecule has 0 radical (unpaired) electrons. The van der Waals surface area contributed by atoms with Crippen LogP contribution in [-0.4, -0.2) is 55.6 Å². The number of morpholine rings is 1. The van der Waals surface area contributed by atoms with Crippen LogP contribution in [0.15, 0.2) is 29.6 Å². The van der Waals surface area contributed by atoms with Crippen molar-refractivity contribution in [3.63, 3.8) is 0 Å². The van der Waals surface area contributed by atoms with Gasteiger partial charge in [0.1, 0.15) is 11.5 Å². The van der Waals surface area contributed by atoms with E-state index < -0.39 is 23.5 Å². The van der Waals surface area contributed by atoms with E-state index in [9.17, 15) is 18.8 Å². The minimum Gasteiger partial charge on any atom is -0.378 e. The van der Waals surface area contributed by atoms with Crippen molar-refractivity contribution < 1.29 is 23.5 Å². The minimum absolute atomic E-state index is 0.0550. The summed E-state index contributed by atoms with van der Waals surface area (Å²) in [5.74, 6) is -2.03. The van der Waals surface area contributed by atoms with Crippen LogP contribution in [0.1, 0.15) is 16.1 Å². The molecular formula is C18H20FN5O4S. The molecular weight excluding hydrogens is 401 g/mol. The molecule has 0 aliphatic carbocycles. The first kappa shape index (κ1) is 20.7. The zero-order chi connectivity index (χ0) is 20.6. The predicted octanol–water partition coefficient (Wildman–Crippen LogP) is 0.239. The third-order valence-corrected chi connectivity index (χ3v) is 4.92. The Balaban J connectivity index is 1.39. The Morgan fingerprint density at radius 1 is 1.17 bits per heavy atom. The SMILES string of the molecule is O=C(Cc1cccc(F)c1)NCC(=O)NNC(=O)c1csc(N2CCOCC2)n1. The number of amides is 3. The van der Waals surface area contributed by atoms with Crippen LogP contribution in [-0.2, 0) is 20.7 Å². The van der Waals surface area contributed by atoms with E-state index in [2.05, 4.69) is 21.2 Å². The monoisotopic (exact) mass is 421 g/mol. The second kappa shape index (κ2) is 9.94. The highest BCUT2D eigenvalue weighted by molar-refractivity contribution is 7.13. The standard InChI is InChI=1S/C18H20FN5O4S/c19-13-3-1-2-12(8-13)9-15(25)20-10-16(26)22-23-17(27)14-11-29-18(21-14)24-4-6-28-7-5-24/h1-3,8,11H,4-7,9-10H2,(H,20,25)(H,22,26)(H,23,27). The lowest BCUT2D eigenvalue weighted by Gasteiger charge is -2.25. The largest absolute Gasteiger partial charge is 0.378 e. The van der Waals surface area contributed by atoms with Gasteiger partial charge in [-0.2, -0.15) is 0 Å². The summed E-state index contributed by atoms with van der Waals surface area (Å²) in [4.78, 5) is 42.0. The molecule has 11 heteroatoms. The summed E-state index contributed by atoms with van der Waals surface area (Å²) in [5, 5.41) is 4.73. The number of nitrogens with one attached hydrogen (secondary N) is 3. The Morgan fingerprint density at radius 2 is 1.97 bits per heavy atom. The maximum absolute atomic E-state index is 13.1. The molecule has 0 atom stereocenters. The van der Waals surface area contributed by atoms with Crippen LogP contribution in [0.2, 0.25) is 0 Å². The molecule has 1 saturated heterocycles. The Bertz CT molecular complexity index is 885. The van der Waals surface area contributed by atoms with E-state index in [-0.39, 0.29) is 18.7 Å². The first-order valence-corrected chi connectivity index (χ1v) is 9.78. The van der Waals surface area contributed by atoms with Crippen molar-refractivity contribution in [2.45, 2.75) is 6.42 Å². The van der Waals surface area contributed by atoms with E-state index in [4.69, 9.17) is 4.74 Å². The van der Waals surface area contributed by atoms with E-state index in [0.717, 1.165) is 5.13 Å². The number of nitrogens with zero attached hydrogens (tertiary/aromatic N) is 2. The van der Waals surface area contributed by atoms with Crippen LogP contribution >= 0.6 is 11.3 Å². The molecule has 154 valence electrons. The first-order valence-electron chi connectivity index (χ1n) is 8.90. The van der Waals surface area contributed by atoms with Crippen LogP contribution < -0.4 is 21.1 Å². The number of ether oxygens (including phenoxy) is 1. The summed E-state index contributed by atoms with van der Waals surface area (Å²) in [6, 6.07) is 5.65. The van der Waals surface area contributed by atoms with Crippen molar-refractivity contribution in [1.82, 2.24) is 21.2 Å². The Hall–Kier alpha value is -3.05. The number of hydrogen-bond donors (Lipinski definition) is 3. The molecule has 1 aromatic heterocycles. The molecule has 0 unspecified atom stereocenters. The molecule has 1 aliphatic rings. The molecule has 29 heavy (non-hydrogen) atoms. The van der Waals surface area contributed by atoms with Gasteiger partial charge in [-0.05, 0) is 17.7 Å². The molecule has 1 fully saturated rings. The van der Waals surface area contributed by atoms with Gasteiger partial charge in [0.15, 0.2) is 5.13 Å². The number of carbonyl (C=O) groups excluding carboxylic acids is 3. The number of thiazole rings is 1. The fourth-order valence-electron chi connectivity index (χ4n) is 2.58. The van der Waals surface area contributed by atoms with Crippen molar-refractivity contribution >= 4 is 34.2 Å². The van der Waals surface area contributed by atoms with Crippen LogP contribution in [0.4, 0.5) is 9.52 Å². The van der Waals surface area contributed by atoms with E-state index in [1.165, 1.54) is 29.5 Å². The quantitative estimate of drug-likeness (QED) is 0.576. The molecule has 0 spiro atoms. The number of halogens is 1. The summed E-state index contributed by atoms with van der Waals surface area (Å²) in [7, 11) is 0. The van der Waals surface area contributed by atoms with Gasteiger partial charge < -0.3 is 15.0 Å². The van der Waals surface area contributed by atoms with E-state index >= 15 is 0 Å². The average molecular weight is 421 g/mol. The zero-order valence-corrected chi connectivity index (χ0v) is 16.3. The minimum atomic E-state index is -0.602. The number of hydrogen-bond acceptors (Lipinski definition) is 7. The van der Waals surface area contributed by atoms with Gasteiger partial charge in [0.2, 0.25) is 5.91 Å². The fraction of sp³-hybridized carbons (Fsp3) is 0.333. The average Bonchev–Trinajstić information content (AvgIpc) is 3.21. The van der Waals surface area contributed by atoms with E-state index in [1.807, 2.05) is 4.90 Å². The molecule has 9 nitrogen and oxygen atoms in total. The maximum atomic E-state index is 13.1. The predicted molar refractivity (Wildman–Crippen MR) is 104 cm³/mol. The van der Waals surface area contributed by atoms with Gasteiger partial charge in [0.05, 0.1) is 26.2 Å².